The number of anilines is 1. The molecule has 16 heteroatoms. The van der Waals surface area contributed by atoms with E-state index in [1.807, 2.05) is 97.1 Å². The topological polar surface area (TPSA) is 185 Å². The lowest BCUT2D eigenvalue weighted by atomic mass is 9.80. The normalized spacial score (nSPS) is 18.5. The summed E-state index contributed by atoms with van der Waals surface area (Å²) in [6.07, 6.45) is 8.73. The van der Waals surface area contributed by atoms with Crippen molar-refractivity contribution in [2.24, 2.45) is 5.16 Å². The van der Waals surface area contributed by atoms with Crippen molar-refractivity contribution < 1.29 is 38.2 Å². The van der Waals surface area contributed by atoms with Gasteiger partial charge >= 0.3 is 12.1 Å². The summed E-state index contributed by atoms with van der Waals surface area (Å²) in [6, 6.07) is 31.1. The number of nitrogens with two attached hydrogens (primary N) is 1. The molecule has 14 nitrogen and oxygen atoms in total. The Labute approximate surface area is 372 Å². The molecule has 1 unspecified atom stereocenters. The van der Waals surface area contributed by atoms with Crippen LogP contribution in [0.4, 0.5) is 9.93 Å². The van der Waals surface area contributed by atoms with Crippen molar-refractivity contribution in [3.05, 3.63) is 166 Å². The van der Waals surface area contributed by atoms with Crippen LogP contribution < -0.4 is 11.1 Å². The molecule has 322 valence electrons. The van der Waals surface area contributed by atoms with E-state index in [4.69, 9.17) is 24.8 Å². The second-order valence-corrected chi connectivity index (χ2v) is 16.9. The zero-order chi connectivity index (χ0) is 43.8. The Morgan fingerprint density at radius 3 is 2.13 bits per heavy atom. The van der Waals surface area contributed by atoms with Gasteiger partial charge in [-0.15, -0.1) is 23.1 Å². The van der Waals surface area contributed by atoms with Crippen LogP contribution in [-0.2, 0) is 39.0 Å². The number of amides is 2. The molecule has 1 saturated carbocycles. The zero-order valence-corrected chi connectivity index (χ0v) is 35.8. The summed E-state index contributed by atoms with van der Waals surface area (Å²) in [5.41, 5.74) is 8.08. The van der Waals surface area contributed by atoms with Crippen molar-refractivity contribution in [1.82, 2.24) is 20.2 Å². The van der Waals surface area contributed by atoms with Crippen LogP contribution in [0.25, 0.3) is 6.08 Å². The highest BCUT2D eigenvalue weighted by molar-refractivity contribution is 8.00. The summed E-state index contributed by atoms with van der Waals surface area (Å²) in [7, 11) is 0. The minimum absolute atomic E-state index is 0.0478. The number of nitrogens with one attached hydrogen (secondary N) is 1. The van der Waals surface area contributed by atoms with Crippen LogP contribution in [0.5, 0.6) is 0 Å². The van der Waals surface area contributed by atoms with Crippen molar-refractivity contribution in [1.29, 1.82) is 0 Å². The molecule has 1 aliphatic carbocycles. The van der Waals surface area contributed by atoms with E-state index in [0.29, 0.717) is 5.57 Å². The minimum atomic E-state index is -1.33. The van der Waals surface area contributed by atoms with Gasteiger partial charge in [0.1, 0.15) is 28.9 Å². The summed E-state index contributed by atoms with van der Waals surface area (Å²) >= 11 is 2.47. The van der Waals surface area contributed by atoms with E-state index in [9.17, 15) is 19.2 Å². The average molecular weight is 885 g/mol. The van der Waals surface area contributed by atoms with Crippen molar-refractivity contribution in [2.75, 3.05) is 11.5 Å². The first-order valence-electron chi connectivity index (χ1n) is 20.5. The number of nitrogens with zero attached hydrogens (tertiary/aromatic N) is 4. The maximum absolute atomic E-state index is 14.5. The lowest BCUT2D eigenvalue weighted by molar-refractivity contribution is -0.169. The van der Waals surface area contributed by atoms with Crippen molar-refractivity contribution in [2.45, 2.75) is 68.4 Å². The number of carbonyl (C=O) groups excluding carboxylic acids is 4. The van der Waals surface area contributed by atoms with Gasteiger partial charge in [0.05, 0.1) is 0 Å². The quantitative estimate of drug-likeness (QED) is 0.0279. The monoisotopic (exact) mass is 884 g/mol. The smallest absolute Gasteiger partial charge is 0.431 e. The number of oxime groups is 1. The largest absolute Gasteiger partial charge is 0.511 e. The highest BCUT2D eigenvalue weighted by Gasteiger charge is 2.55. The molecule has 0 bridgehead atoms. The van der Waals surface area contributed by atoms with Crippen LogP contribution in [0, 0.1) is 0 Å². The molecule has 3 aliphatic rings. The molecule has 4 heterocycles. The zero-order valence-electron chi connectivity index (χ0n) is 34.2. The molecule has 3 N–H and O–H groups in total. The van der Waals surface area contributed by atoms with Crippen LogP contribution in [0.2, 0.25) is 0 Å². The van der Waals surface area contributed by atoms with Gasteiger partial charge in [-0.05, 0) is 42.9 Å². The van der Waals surface area contributed by atoms with Crippen molar-refractivity contribution in [3.63, 3.8) is 0 Å². The number of allylic oxidation sites excluding steroid dienone is 1. The molecule has 0 spiro atoms. The van der Waals surface area contributed by atoms with Crippen LogP contribution in [0.1, 0.15) is 67.0 Å². The third-order valence-corrected chi connectivity index (χ3v) is 12.8. The molecule has 3 aromatic carbocycles. The number of carbonyl (C=O) groups is 4. The molecular formula is C47H44N6O8S2. The first-order chi connectivity index (χ1) is 30.7. The number of fused-ring (bicyclic) bond motifs is 1. The maximum Gasteiger partial charge on any atom is 0.511 e. The van der Waals surface area contributed by atoms with E-state index in [-0.39, 0.29) is 34.1 Å². The SMILES string of the molecule is CC(OC(=O)OC1CCCCC1)OC(=O)C1=C(/C=C/c2cccnc2)CS[C@@H]2[C@H](NC(=O)C(=NOC(c3ccccc3)(c3ccccc3)c3ccccc3)c3csc(N)n3)C(=O)N12. The fourth-order valence-electron chi connectivity index (χ4n) is 7.75. The number of esters is 1. The Morgan fingerprint density at radius 2 is 1.54 bits per heavy atom. The molecule has 5 aromatic rings. The Hall–Kier alpha value is -6.78. The number of benzene rings is 3. The third-order valence-electron chi connectivity index (χ3n) is 10.8. The molecule has 2 amide bonds. The molecule has 8 rings (SSSR count). The van der Waals surface area contributed by atoms with Gasteiger partial charge in [-0.1, -0.05) is 121 Å². The molecule has 2 aromatic heterocycles. The molecule has 0 radical (unpaired) electrons. The molecular weight excluding hydrogens is 841 g/mol. The summed E-state index contributed by atoms with van der Waals surface area (Å²) in [4.78, 5) is 71.7. The predicted molar refractivity (Wildman–Crippen MR) is 239 cm³/mol. The summed E-state index contributed by atoms with van der Waals surface area (Å²) in [6.45, 7) is 1.40. The second-order valence-electron chi connectivity index (χ2n) is 15.0. The number of rotatable bonds is 14. The lowest BCUT2D eigenvalue weighted by Gasteiger charge is -2.49. The van der Waals surface area contributed by atoms with Gasteiger partial charge in [0.25, 0.3) is 11.8 Å². The minimum Gasteiger partial charge on any atom is -0.431 e. The highest BCUT2D eigenvalue weighted by atomic mass is 32.2. The Bertz CT molecular complexity index is 2420. The number of thioether (sulfide) groups is 1. The second kappa shape index (κ2) is 19.5. The van der Waals surface area contributed by atoms with Crippen molar-refractivity contribution in [3.8, 4) is 0 Å². The summed E-state index contributed by atoms with van der Waals surface area (Å²) < 4.78 is 16.4. The van der Waals surface area contributed by atoms with E-state index in [2.05, 4.69) is 20.4 Å². The van der Waals surface area contributed by atoms with Crippen LogP contribution >= 0.6 is 23.1 Å². The van der Waals surface area contributed by atoms with Gasteiger partial charge in [0.15, 0.2) is 10.8 Å². The number of ether oxygens (including phenoxy) is 3. The molecule has 2 fully saturated rings. The molecule has 2 aliphatic heterocycles. The number of β-lactam (4-membered cyclic amide) rings is 1. The van der Waals surface area contributed by atoms with E-state index in [1.165, 1.54) is 23.6 Å². The molecule has 1 saturated heterocycles. The van der Waals surface area contributed by atoms with Crippen LogP contribution in [-0.4, -0.2) is 74.1 Å². The first kappa shape index (κ1) is 42.9. The third kappa shape index (κ3) is 9.51. The van der Waals surface area contributed by atoms with Gasteiger partial charge in [-0.3, -0.25) is 19.5 Å². The van der Waals surface area contributed by atoms with E-state index < -0.39 is 47.2 Å². The number of aromatic nitrogens is 2. The fourth-order valence-corrected chi connectivity index (χ4v) is 9.61. The number of nitrogen functional groups attached to an aromatic ring is 1. The van der Waals surface area contributed by atoms with E-state index >= 15 is 0 Å². The number of thiazole rings is 1. The van der Waals surface area contributed by atoms with E-state index in [0.717, 1.165) is 65.7 Å². The van der Waals surface area contributed by atoms with Crippen LogP contribution in [0.3, 0.4) is 0 Å². The fraction of sp³-hybridized carbons (Fsp3) is 0.255. The van der Waals surface area contributed by atoms with Crippen LogP contribution in [0.15, 0.2) is 143 Å². The van der Waals surface area contributed by atoms with E-state index in [1.54, 1.807) is 36.0 Å². The highest BCUT2D eigenvalue weighted by Crippen LogP contribution is 2.43. The Kier molecular flexibility index (Phi) is 13.3. The van der Waals surface area contributed by atoms with Gasteiger partial charge in [0, 0.05) is 47.1 Å². The number of hydrogen-bond acceptors (Lipinski definition) is 14. The van der Waals surface area contributed by atoms with Crippen molar-refractivity contribution >= 4 is 64.0 Å². The lowest BCUT2D eigenvalue weighted by Crippen LogP contribution is -2.71. The first-order valence-corrected chi connectivity index (χ1v) is 22.4. The maximum atomic E-state index is 14.5. The van der Waals surface area contributed by atoms with Gasteiger partial charge < -0.3 is 30.1 Å². The van der Waals surface area contributed by atoms with Gasteiger partial charge in [-0.25, -0.2) is 14.6 Å². The number of pyridine rings is 1. The molecule has 63 heavy (non-hydrogen) atoms. The summed E-state index contributed by atoms with van der Waals surface area (Å²) in [5, 5.41) is 8.47. The Balaban J connectivity index is 1.07. The van der Waals surface area contributed by atoms with Gasteiger partial charge in [0.2, 0.25) is 11.9 Å². The number of hydrogen-bond donors (Lipinski definition) is 2. The summed E-state index contributed by atoms with van der Waals surface area (Å²) in [5.74, 6) is -1.96. The van der Waals surface area contributed by atoms with Gasteiger partial charge in [-0.2, -0.15) is 0 Å². The average Bonchev–Trinajstić information content (AvgIpc) is 3.75. The Morgan fingerprint density at radius 1 is 0.889 bits per heavy atom. The standard InChI is InChI=1S/C47H44N6O8S2/c1-30(59-46(57)60-36-22-12-5-13-23-36)58-44(56)40-32(25-24-31-15-14-26-49-27-31)28-62-43-39(42(55)53(40)43)51-41(54)38(37-29-63-45(48)50-37)52-61-47(33-16-6-2-7-17-33,34-18-8-3-9-19-34)35-20-10-4-11-21-35/h2-4,6-11,14-21,24-27,29-30,36,39,43H,5,12-13,22-23,28H2,1H3,(H2,48,50)(H,51,54)/b25-24+,52-38?/t30?,39-,43-/m1/s1. The predicted octanol–water partition coefficient (Wildman–Crippen LogP) is 7.58. The molecule has 3 atom stereocenters.